The first-order valence-corrected chi connectivity index (χ1v) is 12.9. The van der Waals surface area contributed by atoms with Crippen LogP contribution in [-0.2, 0) is 16.6 Å². The van der Waals surface area contributed by atoms with Gasteiger partial charge in [-0.1, -0.05) is 48.5 Å². The van der Waals surface area contributed by atoms with Gasteiger partial charge in [-0.15, -0.1) is 5.10 Å². The van der Waals surface area contributed by atoms with Gasteiger partial charge < -0.3 is 5.32 Å². The Bertz CT molecular complexity index is 1610. The van der Waals surface area contributed by atoms with Gasteiger partial charge in [-0.2, -0.15) is 0 Å². The number of rotatable bonds is 7. The third-order valence-corrected chi connectivity index (χ3v) is 6.08. The summed E-state index contributed by atoms with van der Waals surface area (Å²) in [4.78, 5) is 9.16. The van der Waals surface area contributed by atoms with E-state index in [0.29, 0.717) is 23.9 Å². The molecule has 0 bridgehead atoms. The number of hydrogen-bond donors (Lipinski definition) is 2. The minimum Gasteiger partial charge on any atom is -0.364 e. The molecule has 0 saturated carbocycles. The van der Waals surface area contributed by atoms with Crippen molar-refractivity contribution in [2.24, 2.45) is 0 Å². The molecule has 2 N–H and O–H groups in total. The average molecular weight is 485 g/mol. The van der Waals surface area contributed by atoms with E-state index >= 15 is 0 Å². The van der Waals surface area contributed by atoms with E-state index in [2.05, 4.69) is 15.0 Å². The topological polar surface area (TPSA) is 101 Å². The SMILES string of the molecule is Cc1cncc(-c2nc(NCc3ccccc3NS(C)(=O)=O)c3c(-c4ccccc4)ccn3n2)c1. The van der Waals surface area contributed by atoms with Gasteiger partial charge in [-0.25, -0.2) is 17.9 Å². The van der Waals surface area contributed by atoms with E-state index in [4.69, 9.17) is 10.1 Å². The number of nitrogens with one attached hydrogen (secondary N) is 2. The van der Waals surface area contributed by atoms with E-state index in [1.54, 1.807) is 24.5 Å². The van der Waals surface area contributed by atoms with Crippen molar-refractivity contribution in [3.63, 3.8) is 0 Å². The van der Waals surface area contributed by atoms with Crippen molar-refractivity contribution in [3.8, 4) is 22.5 Å². The van der Waals surface area contributed by atoms with Crippen molar-refractivity contribution in [1.82, 2.24) is 19.6 Å². The molecule has 5 aromatic rings. The Morgan fingerprint density at radius 1 is 0.943 bits per heavy atom. The van der Waals surface area contributed by atoms with Crippen LogP contribution < -0.4 is 10.0 Å². The molecule has 176 valence electrons. The zero-order chi connectivity index (χ0) is 24.4. The Labute approximate surface area is 203 Å². The van der Waals surface area contributed by atoms with E-state index < -0.39 is 10.0 Å². The maximum Gasteiger partial charge on any atom is 0.229 e. The second kappa shape index (κ2) is 9.19. The summed E-state index contributed by atoms with van der Waals surface area (Å²) in [6.07, 6.45) is 6.58. The molecule has 0 saturated heterocycles. The van der Waals surface area contributed by atoms with Crippen molar-refractivity contribution in [2.45, 2.75) is 13.5 Å². The minimum atomic E-state index is -3.41. The Kier molecular flexibility index (Phi) is 5.92. The van der Waals surface area contributed by atoms with Crippen LogP contribution >= 0.6 is 0 Å². The quantitative estimate of drug-likeness (QED) is 0.346. The number of benzene rings is 2. The molecule has 3 heterocycles. The molecule has 0 aliphatic rings. The summed E-state index contributed by atoms with van der Waals surface area (Å²) in [5.41, 5.74) is 6.00. The summed E-state index contributed by atoms with van der Waals surface area (Å²) in [5, 5.41) is 8.17. The van der Waals surface area contributed by atoms with Crippen molar-refractivity contribution < 1.29 is 8.42 Å². The third-order valence-electron chi connectivity index (χ3n) is 5.49. The fourth-order valence-corrected chi connectivity index (χ4v) is 4.55. The van der Waals surface area contributed by atoms with Crippen molar-refractivity contribution in [2.75, 3.05) is 16.3 Å². The highest BCUT2D eigenvalue weighted by Gasteiger charge is 2.16. The van der Waals surface area contributed by atoms with Crippen LogP contribution in [-0.4, -0.2) is 34.3 Å². The number of nitrogens with zero attached hydrogens (tertiary/aromatic N) is 4. The van der Waals surface area contributed by atoms with Gasteiger partial charge in [0.25, 0.3) is 0 Å². The van der Waals surface area contributed by atoms with Crippen LogP contribution in [0.3, 0.4) is 0 Å². The molecule has 0 amide bonds. The number of aryl methyl sites for hydroxylation is 1. The van der Waals surface area contributed by atoms with Crippen LogP contribution in [0, 0.1) is 6.92 Å². The third kappa shape index (κ3) is 4.99. The molecule has 8 nitrogen and oxygen atoms in total. The van der Waals surface area contributed by atoms with E-state index in [-0.39, 0.29) is 0 Å². The highest BCUT2D eigenvalue weighted by Crippen LogP contribution is 2.31. The summed E-state index contributed by atoms with van der Waals surface area (Å²) < 4.78 is 28.1. The van der Waals surface area contributed by atoms with Crippen LogP contribution in [0.15, 0.2) is 85.3 Å². The van der Waals surface area contributed by atoms with E-state index in [9.17, 15) is 8.42 Å². The number of sulfonamides is 1. The van der Waals surface area contributed by atoms with Crippen LogP contribution in [0.2, 0.25) is 0 Å². The van der Waals surface area contributed by atoms with Gasteiger partial charge in [-0.05, 0) is 41.8 Å². The molecule has 9 heteroatoms. The van der Waals surface area contributed by atoms with Gasteiger partial charge in [0.2, 0.25) is 10.0 Å². The normalized spacial score (nSPS) is 11.5. The number of hydrogen-bond acceptors (Lipinski definition) is 6. The fraction of sp³-hybridized carbons (Fsp3) is 0.115. The van der Waals surface area contributed by atoms with Gasteiger partial charge >= 0.3 is 0 Å². The smallest absolute Gasteiger partial charge is 0.229 e. The Hall–Kier alpha value is -4.24. The lowest BCUT2D eigenvalue weighted by Gasteiger charge is -2.14. The maximum atomic E-state index is 11.8. The predicted molar refractivity (Wildman–Crippen MR) is 139 cm³/mol. The molecule has 0 spiro atoms. The fourth-order valence-electron chi connectivity index (χ4n) is 3.95. The Balaban J connectivity index is 1.61. The largest absolute Gasteiger partial charge is 0.364 e. The average Bonchev–Trinajstić information content (AvgIpc) is 3.27. The lowest BCUT2D eigenvalue weighted by atomic mass is 10.1. The number of pyridine rings is 1. The van der Waals surface area contributed by atoms with Crippen LogP contribution in [0.5, 0.6) is 0 Å². The number of anilines is 2. The molecule has 0 unspecified atom stereocenters. The van der Waals surface area contributed by atoms with Crippen molar-refractivity contribution in [3.05, 3.63) is 96.4 Å². The van der Waals surface area contributed by atoms with Crippen molar-refractivity contribution in [1.29, 1.82) is 0 Å². The molecule has 0 radical (unpaired) electrons. The van der Waals surface area contributed by atoms with Crippen LogP contribution in [0.25, 0.3) is 28.0 Å². The molecule has 0 fully saturated rings. The van der Waals surface area contributed by atoms with Gasteiger partial charge in [0, 0.05) is 36.3 Å². The van der Waals surface area contributed by atoms with Gasteiger partial charge in [0.15, 0.2) is 11.6 Å². The van der Waals surface area contributed by atoms with E-state index in [1.165, 1.54) is 0 Å². The minimum absolute atomic E-state index is 0.357. The summed E-state index contributed by atoms with van der Waals surface area (Å²) in [6.45, 7) is 2.33. The van der Waals surface area contributed by atoms with Gasteiger partial charge in [0.05, 0.1) is 11.9 Å². The molecule has 0 atom stereocenters. The summed E-state index contributed by atoms with van der Waals surface area (Å²) >= 11 is 0. The first-order chi connectivity index (χ1) is 16.9. The summed E-state index contributed by atoms with van der Waals surface area (Å²) in [7, 11) is -3.41. The van der Waals surface area contributed by atoms with Crippen LogP contribution in [0.4, 0.5) is 11.5 Å². The van der Waals surface area contributed by atoms with Gasteiger partial charge in [-0.3, -0.25) is 9.71 Å². The lowest BCUT2D eigenvalue weighted by molar-refractivity contribution is 0.606. The Morgan fingerprint density at radius 3 is 2.49 bits per heavy atom. The zero-order valence-corrected chi connectivity index (χ0v) is 20.1. The van der Waals surface area contributed by atoms with E-state index in [1.807, 2.05) is 72.2 Å². The predicted octanol–water partition coefficient (Wildman–Crippen LogP) is 4.75. The molecule has 5 rings (SSSR count). The number of aromatic nitrogens is 4. The highest BCUT2D eigenvalue weighted by molar-refractivity contribution is 7.92. The summed E-state index contributed by atoms with van der Waals surface area (Å²) in [6, 6.07) is 21.3. The first kappa shape index (κ1) is 22.5. The lowest BCUT2D eigenvalue weighted by Crippen LogP contribution is -2.13. The standard InChI is InChI=1S/C26H24N6O2S/c1-18-14-21(16-27-15-18)25-29-26(28-17-20-10-6-7-11-23(20)31-35(2,33)34)24-22(12-13-32(24)30-25)19-8-4-3-5-9-19/h3-16,31H,17H2,1-2H3,(H,28,29,30). The second-order valence-electron chi connectivity index (χ2n) is 8.31. The van der Waals surface area contributed by atoms with Crippen LogP contribution in [0.1, 0.15) is 11.1 Å². The monoisotopic (exact) mass is 484 g/mol. The number of fused-ring (bicyclic) bond motifs is 1. The first-order valence-electron chi connectivity index (χ1n) is 11.0. The second-order valence-corrected chi connectivity index (χ2v) is 10.1. The molecular weight excluding hydrogens is 460 g/mol. The van der Waals surface area contributed by atoms with E-state index in [0.717, 1.165) is 39.6 Å². The van der Waals surface area contributed by atoms with Gasteiger partial charge in [0.1, 0.15) is 5.52 Å². The molecule has 35 heavy (non-hydrogen) atoms. The molecule has 0 aliphatic carbocycles. The maximum absolute atomic E-state index is 11.8. The van der Waals surface area contributed by atoms with Crippen molar-refractivity contribution >= 4 is 27.0 Å². The molecule has 0 aliphatic heterocycles. The zero-order valence-electron chi connectivity index (χ0n) is 19.3. The molecule has 3 aromatic heterocycles. The summed E-state index contributed by atoms with van der Waals surface area (Å²) in [5.74, 6) is 1.17. The molecular formula is C26H24N6O2S. The number of para-hydroxylation sites is 1. The molecule has 2 aromatic carbocycles. The Morgan fingerprint density at radius 2 is 1.71 bits per heavy atom. The highest BCUT2D eigenvalue weighted by atomic mass is 32.2.